The predicted molar refractivity (Wildman–Crippen MR) is 116 cm³/mol. The number of carbonyl (C=O) groups excluding carboxylic acids is 5. The van der Waals surface area contributed by atoms with Gasteiger partial charge in [0.2, 0.25) is 5.91 Å². The van der Waals surface area contributed by atoms with Crippen LogP contribution in [0.1, 0.15) is 27.7 Å². The van der Waals surface area contributed by atoms with E-state index in [9.17, 15) is 33.9 Å². The summed E-state index contributed by atoms with van der Waals surface area (Å²) in [7, 11) is 0. The Hall–Kier alpha value is -3.72. The number of nitrogens with one attached hydrogen (secondary N) is 2. The largest absolute Gasteiger partial charge is 0.480 e. The Bertz CT molecular complexity index is 846. The van der Waals surface area contributed by atoms with Crippen LogP contribution < -0.4 is 10.6 Å². The van der Waals surface area contributed by atoms with Crippen LogP contribution in [-0.4, -0.2) is 97.5 Å². The second-order valence-corrected chi connectivity index (χ2v) is 7.48. The SMILES string of the molecule is C=CCOC(=O)N[C@@H](CO[C@H]1O[C@H](COC(C)=O)[C@H](OC(C)=O)[C@H](OC(C)=O)[C@H]1NC(C)=O)C(=O)O. The lowest BCUT2D eigenvalue weighted by atomic mass is 9.96. The molecule has 0 aromatic heterocycles. The fraction of sp³-hybridized carbons (Fsp3) is 0.619. The molecule has 15 nitrogen and oxygen atoms in total. The number of carboxylic acids is 1. The van der Waals surface area contributed by atoms with E-state index >= 15 is 0 Å². The Kier molecular flexibility index (Phi) is 12.3. The lowest BCUT2D eigenvalue weighted by molar-refractivity contribution is -0.278. The van der Waals surface area contributed by atoms with Crippen LogP contribution in [0.3, 0.4) is 0 Å². The van der Waals surface area contributed by atoms with E-state index in [2.05, 4.69) is 17.2 Å². The molecule has 1 rings (SSSR count). The first-order chi connectivity index (χ1) is 16.8. The lowest BCUT2D eigenvalue weighted by Crippen LogP contribution is -2.67. The molecule has 6 atom stereocenters. The summed E-state index contributed by atoms with van der Waals surface area (Å²) in [5.74, 6) is -4.39. The quantitative estimate of drug-likeness (QED) is 0.162. The van der Waals surface area contributed by atoms with Gasteiger partial charge in [0.25, 0.3) is 0 Å². The first kappa shape index (κ1) is 30.3. The first-order valence-electron chi connectivity index (χ1n) is 10.6. The average Bonchev–Trinajstić information content (AvgIpc) is 2.76. The number of esters is 3. The number of hydrogen-bond donors (Lipinski definition) is 3. The molecule has 1 saturated heterocycles. The highest BCUT2D eigenvalue weighted by Crippen LogP contribution is 2.28. The summed E-state index contributed by atoms with van der Waals surface area (Å²) in [6.45, 7) is 6.45. The zero-order valence-corrected chi connectivity index (χ0v) is 20.2. The Morgan fingerprint density at radius 2 is 1.58 bits per heavy atom. The summed E-state index contributed by atoms with van der Waals surface area (Å²) >= 11 is 0. The number of carbonyl (C=O) groups is 6. The van der Waals surface area contributed by atoms with Crippen LogP contribution in [0, 0.1) is 0 Å². The van der Waals surface area contributed by atoms with Crippen molar-refractivity contribution in [1.29, 1.82) is 0 Å². The van der Waals surface area contributed by atoms with Crippen LogP contribution in [0.4, 0.5) is 4.79 Å². The molecule has 3 N–H and O–H groups in total. The van der Waals surface area contributed by atoms with Crippen molar-refractivity contribution in [2.75, 3.05) is 19.8 Å². The van der Waals surface area contributed by atoms with Crippen molar-refractivity contribution < 1.29 is 62.3 Å². The fourth-order valence-corrected chi connectivity index (χ4v) is 3.12. The molecule has 0 aliphatic carbocycles. The Labute approximate surface area is 206 Å². The molecule has 15 heteroatoms. The number of carboxylic acid groups (broad SMARTS) is 1. The highest BCUT2D eigenvalue weighted by atomic mass is 16.7. The Morgan fingerprint density at radius 3 is 2.08 bits per heavy atom. The second-order valence-electron chi connectivity index (χ2n) is 7.48. The van der Waals surface area contributed by atoms with Gasteiger partial charge in [-0.1, -0.05) is 12.7 Å². The molecule has 0 bridgehead atoms. The molecule has 0 spiro atoms. The smallest absolute Gasteiger partial charge is 0.408 e. The number of alkyl carbamates (subject to hydrolysis) is 1. The monoisotopic (exact) mass is 518 g/mol. The maximum atomic E-state index is 11.9. The molecule has 1 heterocycles. The number of hydrogen-bond acceptors (Lipinski definition) is 12. The van der Waals surface area contributed by atoms with Gasteiger partial charge >= 0.3 is 30.0 Å². The molecule has 1 aliphatic heterocycles. The topological polar surface area (TPSA) is 202 Å². The van der Waals surface area contributed by atoms with Gasteiger partial charge in [0.05, 0.1) is 6.61 Å². The van der Waals surface area contributed by atoms with E-state index < -0.39 is 85.8 Å². The molecule has 1 fully saturated rings. The summed E-state index contributed by atoms with van der Waals surface area (Å²) in [6, 6.07) is -2.92. The van der Waals surface area contributed by atoms with Crippen molar-refractivity contribution in [3.8, 4) is 0 Å². The summed E-state index contributed by atoms with van der Waals surface area (Å²) in [4.78, 5) is 70.2. The molecule has 2 amide bonds. The number of rotatable bonds is 12. The van der Waals surface area contributed by atoms with E-state index in [0.29, 0.717) is 0 Å². The van der Waals surface area contributed by atoms with Gasteiger partial charge < -0.3 is 44.2 Å². The van der Waals surface area contributed by atoms with Gasteiger partial charge in [0.1, 0.15) is 25.4 Å². The van der Waals surface area contributed by atoms with Crippen molar-refractivity contribution >= 4 is 35.9 Å². The third-order valence-corrected chi connectivity index (χ3v) is 4.42. The summed E-state index contributed by atoms with van der Waals surface area (Å²) in [5, 5.41) is 14.0. The average molecular weight is 518 g/mol. The van der Waals surface area contributed by atoms with Crippen LogP contribution in [0.15, 0.2) is 12.7 Å². The lowest BCUT2D eigenvalue weighted by Gasteiger charge is -2.45. The van der Waals surface area contributed by atoms with E-state index in [1.165, 1.54) is 6.08 Å². The summed E-state index contributed by atoms with van der Waals surface area (Å²) < 4.78 is 31.5. The Balaban J connectivity index is 3.26. The molecule has 0 aromatic rings. The fourth-order valence-electron chi connectivity index (χ4n) is 3.12. The van der Waals surface area contributed by atoms with Gasteiger partial charge in [-0.25, -0.2) is 9.59 Å². The molecular formula is C21H30N2O13. The molecule has 0 radical (unpaired) electrons. The molecule has 202 valence electrons. The molecular weight excluding hydrogens is 488 g/mol. The summed E-state index contributed by atoms with van der Waals surface area (Å²) in [6.07, 6.45) is -5.26. The van der Waals surface area contributed by atoms with E-state index in [0.717, 1.165) is 27.7 Å². The maximum absolute atomic E-state index is 11.9. The van der Waals surface area contributed by atoms with Crippen molar-refractivity contribution in [3.63, 3.8) is 0 Å². The minimum Gasteiger partial charge on any atom is -0.480 e. The van der Waals surface area contributed by atoms with Crippen LogP contribution in [-0.2, 0) is 52.4 Å². The molecule has 36 heavy (non-hydrogen) atoms. The molecule has 0 saturated carbocycles. The highest BCUT2D eigenvalue weighted by molar-refractivity contribution is 5.80. The summed E-state index contributed by atoms with van der Waals surface area (Å²) in [5.41, 5.74) is 0. The standard InChI is InChI=1S/C21H30N2O13/c1-6-7-31-21(30)23-14(19(28)29)8-33-20-16(22-10(2)24)18(35-13(5)27)17(34-12(4)26)15(36-20)9-32-11(3)25/h6,14-18,20H,1,7-9H2,2-5H3,(H,22,24)(H,23,30)(H,28,29)/t14-,15+,16+,17-,18+,20-/m0/s1. The number of amides is 2. The van der Waals surface area contributed by atoms with Gasteiger partial charge in [-0.05, 0) is 0 Å². The zero-order valence-electron chi connectivity index (χ0n) is 20.2. The third kappa shape index (κ3) is 10.3. The third-order valence-electron chi connectivity index (χ3n) is 4.42. The van der Waals surface area contributed by atoms with Gasteiger partial charge in [-0.3, -0.25) is 19.2 Å². The van der Waals surface area contributed by atoms with Gasteiger partial charge in [0.15, 0.2) is 24.5 Å². The van der Waals surface area contributed by atoms with Crippen LogP contribution in [0.25, 0.3) is 0 Å². The molecule has 0 unspecified atom stereocenters. The van der Waals surface area contributed by atoms with Crippen molar-refractivity contribution in [2.45, 2.75) is 64.4 Å². The van der Waals surface area contributed by atoms with Crippen molar-refractivity contribution in [3.05, 3.63) is 12.7 Å². The van der Waals surface area contributed by atoms with Crippen LogP contribution >= 0.6 is 0 Å². The zero-order chi connectivity index (χ0) is 27.4. The van der Waals surface area contributed by atoms with E-state index in [1.807, 2.05) is 0 Å². The van der Waals surface area contributed by atoms with Gasteiger partial charge in [-0.2, -0.15) is 0 Å². The highest BCUT2D eigenvalue weighted by Gasteiger charge is 2.51. The van der Waals surface area contributed by atoms with Gasteiger partial charge in [0, 0.05) is 27.7 Å². The molecule has 0 aromatic carbocycles. The van der Waals surface area contributed by atoms with E-state index in [4.69, 9.17) is 28.4 Å². The van der Waals surface area contributed by atoms with Crippen LogP contribution in [0.5, 0.6) is 0 Å². The minimum absolute atomic E-state index is 0.172. The first-order valence-corrected chi connectivity index (χ1v) is 10.6. The maximum Gasteiger partial charge on any atom is 0.408 e. The normalized spacial score (nSPS) is 23.8. The number of aliphatic carboxylic acids is 1. The molecule has 1 aliphatic rings. The van der Waals surface area contributed by atoms with Gasteiger partial charge in [-0.15, -0.1) is 0 Å². The Morgan fingerprint density at radius 1 is 0.972 bits per heavy atom. The van der Waals surface area contributed by atoms with Crippen molar-refractivity contribution in [2.24, 2.45) is 0 Å². The van der Waals surface area contributed by atoms with E-state index in [-0.39, 0.29) is 6.61 Å². The van der Waals surface area contributed by atoms with E-state index in [1.54, 1.807) is 0 Å². The minimum atomic E-state index is -1.62. The van der Waals surface area contributed by atoms with Crippen LogP contribution in [0.2, 0.25) is 0 Å². The second kappa shape index (κ2) is 14.6. The number of ether oxygens (including phenoxy) is 6. The predicted octanol–water partition coefficient (Wildman–Crippen LogP) is -0.975. The van der Waals surface area contributed by atoms with Crippen molar-refractivity contribution in [1.82, 2.24) is 10.6 Å².